The first-order chi connectivity index (χ1) is 10.7. The van der Waals surface area contributed by atoms with Gasteiger partial charge in [0.15, 0.2) is 0 Å². The molecule has 0 radical (unpaired) electrons. The van der Waals surface area contributed by atoms with Gasteiger partial charge in [-0.2, -0.15) is 0 Å². The van der Waals surface area contributed by atoms with E-state index in [-0.39, 0.29) is 17.7 Å². The van der Waals surface area contributed by atoms with Gasteiger partial charge in [0.1, 0.15) is 0 Å². The first kappa shape index (κ1) is 21.0. The zero-order valence-corrected chi connectivity index (χ0v) is 15.1. The van der Waals surface area contributed by atoms with Gasteiger partial charge in [-0.15, -0.1) is 0 Å². The molecule has 0 aliphatic rings. The summed E-state index contributed by atoms with van der Waals surface area (Å²) in [6.45, 7) is 7.50. The molecule has 1 rings (SSSR count). The summed E-state index contributed by atoms with van der Waals surface area (Å²) in [7, 11) is 3.99. The van der Waals surface area contributed by atoms with Gasteiger partial charge in [0.25, 0.3) is 0 Å². The number of carboxylic acids is 1. The van der Waals surface area contributed by atoms with Crippen LogP contribution < -0.4 is 10.2 Å². The number of amides is 1. The minimum Gasteiger partial charge on any atom is -0.481 e. The third-order valence-electron chi connectivity index (χ3n) is 3.75. The second-order valence-electron chi connectivity index (χ2n) is 5.89. The molecule has 0 fully saturated rings. The zero-order valence-electron chi connectivity index (χ0n) is 15.1. The van der Waals surface area contributed by atoms with E-state index in [1.807, 2.05) is 64.0 Å². The van der Waals surface area contributed by atoms with Crippen molar-refractivity contribution in [3.05, 3.63) is 24.3 Å². The molecule has 0 bridgehead atoms. The van der Waals surface area contributed by atoms with E-state index < -0.39 is 5.97 Å². The summed E-state index contributed by atoms with van der Waals surface area (Å²) >= 11 is 0. The lowest BCUT2D eigenvalue weighted by Gasteiger charge is -2.14. The fourth-order valence-corrected chi connectivity index (χ4v) is 1.47. The van der Waals surface area contributed by atoms with Crippen molar-refractivity contribution < 1.29 is 14.7 Å². The van der Waals surface area contributed by atoms with E-state index in [1.54, 1.807) is 6.92 Å². The number of aliphatic carboxylic acids is 1. The van der Waals surface area contributed by atoms with Crippen LogP contribution in [0.15, 0.2) is 24.3 Å². The molecule has 0 saturated heterocycles. The number of rotatable bonds is 6. The Bertz CT molecular complexity index is 484. The number of carboxylic acid groups (broad SMARTS) is 1. The molecule has 0 saturated carbocycles. The van der Waals surface area contributed by atoms with E-state index in [0.29, 0.717) is 0 Å². The summed E-state index contributed by atoms with van der Waals surface area (Å²) in [6, 6.07) is 7.84. The molecule has 0 heterocycles. The van der Waals surface area contributed by atoms with Crippen molar-refractivity contribution in [3.63, 3.8) is 0 Å². The Morgan fingerprint density at radius 3 is 1.83 bits per heavy atom. The molecule has 5 nitrogen and oxygen atoms in total. The Morgan fingerprint density at radius 1 is 1.04 bits per heavy atom. The number of nitrogens with one attached hydrogen (secondary N) is 1. The Labute approximate surface area is 139 Å². The van der Waals surface area contributed by atoms with E-state index >= 15 is 0 Å². The Balaban J connectivity index is 0.000000585. The van der Waals surface area contributed by atoms with Crippen LogP contribution >= 0.6 is 0 Å². The van der Waals surface area contributed by atoms with Crippen molar-refractivity contribution in [2.75, 3.05) is 24.3 Å². The van der Waals surface area contributed by atoms with E-state index in [9.17, 15) is 9.59 Å². The van der Waals surface area contributed by atoms with Gasteiger partial charge in [-0.25, -0.2) is 0 Å². The lowest BCUT2D eigenvalue weighted by atomic mass is 10.1. The second-order valence-corrected chi connectivity index (χ2v) is 5.89. The van der Waals surface area contributed by atoms with Crippen LogP contribution in [0.5, 0.6) is 0 Å². The number of anilines is 2. The minimum absolute atomic E-state index is 0.0634. The monoisotopic (exact) mass is 322 g/mol. The highest BCUT2D eigenvalue weighted by atomic mass is 16.4. The van der Waals surface area contributed by atoms with Gasteiger partial charge in [-0.3, -0.25) is 9.59 Å². The van der Waals surface area contributed by atoms with Crippen LogP contribution in [-0.4, -0.2) is 31.1 Å². The van der Waals surface area contributed by atoms with Crippen molar-refractivity contribution in [1.29, 1.82) is 0 Å². The fraction of sp³-hybridized carbons (Fsp3) is 0.556. The van der Waals surface area contributed by atoms with Crippen LogP contribution in [-0.2, 0) is 9.59 Å². The Morgan fingerprint density at radius 2 is 1.52 bits per heavy atom. The number of carbonyl (C=O) groups is 2. The second kappa shape index (κ2) is 10.6. The van der Waals surface area contributed by atoms with Gasteiger partial charge in [0, 0.05) is 31.4 Å². The summed E-state index contributed by atoms with van der Waals surface area (Å²) in [4.78, 5) is 23.6. The normalized spacial score (nSPS) is 12.4. The van der Waals surface area contributed by atoms with Gasteiger partial charge in [-0.1, -0.05) is 27.7 Å². The standard InChI is InChI=1S/C13H20N2O.C5H10O2/c1-5-10(2)13(16)14-11-6-8-12(9-7-11)15(3)4;1-3-4(2)5(6)7/h6-10H,5H2,1-4H3,(H,14,16);4H,3H2,1-2H3,(H,6,7). The predicted molar refractivity (Wildman–Crippen MR) is 95.9 cm³/mol. The Hall–Kier alpha value is -2.04. The van der Waals surface area contributed by atoms with Crippen LogP contribution in [0.3, 0.4) is 0 Å². The van der Waals surface area contributed by atoms with E-state index in [0.717, 1.165) is 24.2 Å². The molecular weight excluding hydrogens is 292 g/mol. The molecule has 5 heteroatoms. The van der Waals surface area contributed by atoms with Crippen LogP contribution in [0.1, 0.15) is 40.5 Å². The summed E-state index contributed by atoms with van der Waals surface area (Å²) in [6.07, 6.45) is 1.58. The first-order valence-electron chi connectivity index (χ1n) is 8.03. The molecule has 1 aromatic rings. The number of hydrogen-bond acceptors (Lipinski definition) is 3. The van der Waals surface area contributed by atoms with Crippen LogP contribution in [0.25, 0.3) is 0 Å². The molecule has 0 spiro atoms. The molecule has 0 aliphatic carbocycles. The number of nitrogens with zero attached hydrogens (tertiary/aromatic N) is 1. The maximum absolute atomic E-state index is 11.6. The summed E-state index contributed by atoms with van der Waals surface area (Å²) in [5.74, 6) is -0.740. The topological polar surface area (TPSA) is 69.6 Å². The van der Waals surface area contributed by atoms with Crippen molar-refractivity contribution in [2.45, 2.75) is 40.5 Å². The van der Waals surface area contributed by atoms with Crippen LogP contribution in [0.4, 0.5) is 11.4 Å². The third kappa shape index (κ3) is 8.24. The minimum atomic E-state index is -0.706. The predicted octanol–water partition coefficient (Wildman–Crippen LogP) is 3.85. The fourth-order valence-electron chi connectivity index (χ4n) is 1.47. The quantitative estimate of drug-likeness (QED) is 0.834. The molecule has 0 aliphatic heterocycles. The van der Waals surface area contributed by atoms with Crippen LogP contribution in [0, 0.1) is 11.8 Å². The summed E-state index contributed by atoms with van der Waals surface area (Å²) in [5.41, 5.74) is 1.98. The van der Waals surface area contributed by atoms with Gasteiger partial charge < -0.3 is 15.3 Å². The smallest absolute Gasteiger partial charge is 0.306 e. The van der Waals surface area contributed by atoms with Gasteiger partial charge >= 0.3 is 5.97 Å². The van der Waals surface area contributed by atoms with Crippen molar-refractivity contribution in [2.24, 2.45) is 11.8 Å². The van der Waals surface area contributed by atoms with Gasteiger partial charge in [0.05, 0.1) is 5.92 Å². The molecule has 1 amide bonds. The zero-order chi connectivity index (χ0) is 18.0. The molecule has 0 aromatic heterocycles. The van der Waals surface area contributed by atoms with Crippen LogP contribution in [0.2, 0.25) is 0 Å². The van der Waals surface area contributed by atoms with E-state index in [2.05, 4.69) is 5.32 Å². The molecular formula is C18H30N2O3. The summed E-state index contributed by atoms with van der Waals surface area (Å²) < 4.78 is 0. The molecule has 130 valence electrons. The van der Waals surface area contributed by atoms with Crippen molar-refractivity contribution in [1.82, 2.24) is 0 Å². The van der Waals surface area contributed by atoms with Crippen molar-refractivity contribution in [3.8, 4) is 0 Å². The summed E-state index contributed by atoms with van der Waals surface area (Å²) in [5, 5.41) is 11.1. The molecule has 1 aromatic carbocycles. The average molecular weight is 322 g/mol. The highest BCUT2D eigenvalue weighted by molar-refractivity contribution is 5.92. The van der Waals surface area contributed by atoms with Gasteiger partial charge in [-0.05, 0) is 37.1 Å². The van der Waals surface area contributed by atoms with E-state index in [1.165, 1.54) is 0 Å². The lowest BCUT2D eigenvalue weighted by Crippen LogP contribution is -2.19. The number of benzene rings is 1. The largest absolute Gasteiger partial charge is 0.481 e. The SMILES string of the molecule is CCC(C)C(=O)Nc1ccc(N(C)C)cc1.CCC(C)C(=O)O. The highest BCUT2D eigenvalue weighted by Crippen LogP contribution is 2.16. The Kier molecular flexibility index (Phi) is 9.70. The lowest BCUT2D eigenvalue weighted by molar-refractivity contribution is -0.141. The highest BCUT2D eigenvalue weighted by Gasteiger charge is 2.10. The van der Waals surface area contributed by atoms with E-state index in [4.69, 9.17) is 5.11 Å². The van der Waals surface area contributed by atoms with Gasteiger partial charge in [0.2, 0.25) is 5.91 Å². The maximum atomic E-state index is 11.6. The number of hydrogen-bond donors (Lipinski definition) is 2. The maximum Gasteiger partial charge on any atom is 0.306 e. The molecule has 23 heavy (non-hydrogen) atoms. The van der Waals surface area contributed by atoms with Crippen molar-refractivity contribution >= 4 is 23.3 Å². The molecule has 2 unspecified atom stereocenters. The average Bonchev–Trinajstić information content (AvgIpc) is 2.54. The number of carbonyl (C=O) groups excluding carboxylic acids is 1. The molecule has 2 N–H and O–H groups in total. The first-order valence-corrected chi connectivity index (χ1v) is 8.03. The molecule has 2 atom stereocenters. The third-order valence-corrected chi connectivity index (χ3v) is 3.75.